The van der Waals surface area contributed by atoms with Crippen LogP contribution >= 0.6 is 0 Å². The topological polar surface area (TPSA) is 117 Å². The zero-order chi connectivity index (χ0) is 23.1. The molecule has 0 aromatic heterocycles. The summed E-state index contributed by atoms with van der Waals surface area (Å²) in [5.74, 6) is -0.567. The summed E-state index contributed by atoms with van der Waals surface area (Å²) in [6.07, 6.45) is 0.184. The number of carbonyl (C=O) groups excluding carboxylic acids is 2. The van der Waals surface area contributed by atoms with Crippen LogP contribution in [0.1, 0.15) is 40.0 Å². The number of esters is 1. The molecule has 31 heavy (non-hydrogen) atoms. The van der Waals surface area contributed by atoms with Gasteiger partial charge in [0.25, 0.3) is 0 Å². The predicted molar refractivity (Wildman–Crippen MR) is 112 cm³/mol. The number of ether oxygens (including phenoxy) is 4. The smallest absolute Gasteiger partial charge is 0.328 e. The van der Waals surface area contributed by atoms with E-state index in [0.717, 1.165) is 0 Å². The first-order chi connectivity index (χ1) is 14.5. The summed E-state index contributed by atoms with van der Waals surface area (Å²) in [6.45, 7) is 5.66. The summed E-state index contributed by atoms with van der Waals surface area (Å²) in [5.41, 5.74) is -0.814. The van der Waals surface area contributed by atoms with Crippen LogP contribution in [0.3, 0.4) is 0 Å². The van der Waals surface area contributed by atoms with Gasteiger partial charge in [0, 0.05) is 33.2 Å². The van der Waals surface area contributed by atoms with Gasteiger partial charge in [-0.05, 0) is 45.0 Å². The van der Waals surface area contributed by atoms with Crippen molar-refractivity contribution in [3.8, 4) is 5.75 Å². The van der Waals surface area contributed by atoms with Crippen LogP contribution in [0.4, 0.5) is 0 Å². The van der Waals surface area contributed by atoms with Crippen molar-refractivity contribution in [2.45, 2.75) is 55.3 Å². The Balaban J connectivity index is 2.15. The number of nitrogens with one attached hydrogen (secondary N) is 1. The third-order valence-corrected chi connectivity index (χ3v) is 7.23. The quantitative estimate of drug-likeness (QED) is 0.441. The van der Waals surface area contributed by atoms with Gasteiger partial charge in [0.2, 0.25) is 5.91 Å². The van der Waals surface area contributed by atoms with E-state index in [-0.39, 0.29) is 56.6 Å². The molecule has 0 unspecified atom stereocenters. The van der Waals surface area contributed by atoms with Crippen molar-refractivity contribution in [2.24, 2.45) is 0 Å². The van der Waals surface area contributed by atoms with Gasteiger partial charge in [-0.3, -0.25) is 9.59 Å². The van der Waals surface area contributed by atoms with Gasteiger partial charge in [-0.1, -0.05) is 0 Å². The van der Waals surface area contributed by atoms with Crippen molar-refractivity contribution in [3.05, 3.63) is 24.3 Å². The molecule has 1 heterocycles. The maximum absolute atomic E-state index is 13.5. The number of rotatable bonds is 9. The van der Waals surface area contributed by atoms with Gasteiger partial charge in [0.15, 0.2) is 14.6 Å². The SMILES string of the molecule is COCNC(=O)CCOc1ccc(S(=O)(=O)C2(C(=O)OC(C)(C)C)CCOCC2)cc1. The second-order valence-electron chi connectivity index (χ2n) is 8.21. The zero-order valence-corrected chi connectivity index (χ0v) is 19.2. The Hall–Kier alpha value is -2.17. The number of hydrogen-bond donors (Lipinski definition) is 1. The molecule has 1 aromatic rings. The minimum Gasteiger partial charge on any atom is -0.493 e. The lowest BCUT2D eigenvalue weighted by Gasteiger charge is -2.36. The van der Waals surface area contributed by atoms with Gasteiger partial charge in [0.1, 0.15) is 18.1 Å². The van der Waals surface area contributed by atoms with Crippen molar-refractivity contribution >= 4 is 21.7 Å². The molecule has 10 heteroatoms. The molecule has 1 amide bonds. The molecule has 9 nitrogen and oxygen atoms in total. The number of sulfone groups is 1. The van der Waals surface area contributed by atoms with Gasteiger partial charge < -0.3 is 24.3 Å². The van der Waals surface area contributed by atoms with Crippen LogP contribution in [0.25, 0.3) is 0 Å². The molecule has 1 aromatic carbocycles. The van der Waals surface area contributed by atoms with Crippen molar-refractivity contribution in [1.82, 2.24) is 5.32 Å². The minimum atomic E-state index is -4.04. The molecule has 1 N–H and O–H groups in total. The summed E-state index contributed by atoms with van der Waals surface area (Å²) < 4.78 is 46.3. The van der Waals surface area contributed by atoms with E-state index in [1.165, 1.54) is 31.4 Å². The number of carbonyl (C=O) groups is 2. The summed E-state index contributed by atoms with van der Waals surface area (Å²) >= 11 is 0. The first-order valence-electron chi connectivity index (χ1n) is 10.1. The predicted octanol–water partition coefficient (Wildman–Crippen LogP) is 1.84. The Labute approximate surface area is 183 Å². The van der Waals surface area contributed by atoms with E-state index in [9.17, 15) is 18.0 Å². The Morgan fingerprint density at radius 3 is 2.29 bits per heavy atom. The molecule has 2 rings (SSSR count). The van der Waals surface area contributed by atoms with E-state index in [4.69, 9.17) is 18.9 Å². The van der Waals surface area contributed by atoms with Crippen LogP contribution in [-0.2, 0) is 33.6 Å². The highest BCUT2D eigenvalue weighted by molar-refractivity contribution is 7.93. The van der Waals surface area contributed by atoms with Gasteiger partial charge in [-0.15, -0.1) is 0 Å². The van der Waals surface area contributed by atoms with Gasteiger partial charge in [-0.2, -0.15) is 0 Å². The standard InChI is InChI=1S/C21H31NO8S/c1-20(2,3)30-19(24)21(10-13-28-14-11-21)31(25,26)17-7-5-16(6-8-17)29-12-9-18(23)22-15-27-4/h5-8H,9-15H2,1-4H3,(H,22,23). The molecule has 0 saturated carbocycles. The zero-order valence-electron chi connectivity index (χ0n) is 18.4. The Morgan fingerprint density at radius 2 is 1.74 bits per heavy atom. The van der Waals surface area contributed by atoms with Gasteiger partial charge in [-0.25, -0.2) is 8.42 Å². The minimum absolute atomic E-state index is 0.00504. The lowest BCUT2D eigenvalue weighted by atomic mass is 9.99. The van der Waals surface area contributed by atoms with E-state index in [1.54, 1.807) is 20.8 Å². The average molecular weight is 458 g/mol. The van der Waals surface area contributed by atoms with Gasteiger partial charge in [0.05, 0.1) is 17.9 Å². The lowest BCUT2D eigenvalue weighted by molar-refractivity contribution is -0.160. The highest BCUT2D eigenvalue weighted by atomic mass is 32.2. The summed E-state index contributed by atoms with van der Waals surface area (Å²) in [7, 11) is -2.57. The van der Waals surface area contributed by atoms with Crippen LogP contribution in [0.2, 0.25) is 0 Å². The third-order valence-electron chi connectivity index (χ3n) is 4.73. The average Bonchev–Trinajstić information content (AvgIpc) is 2.71. The highest BCUT2D eigenvalue weighted by Gasteiger charge is 2.54. The maximum atomic E-state index is 13.5. The fraction of sp³-hybridized carbons (Fsp3) is 0.619. The normalized spacial score (nSPS) is 16.4. The van der Waals surface area contributed by atoms with Crippen LogP contribution in [0, 0.1) is 0 Å². The van der Waals surface area contributed by atoms with Crippen LogP contribution in [0.15, 0.2) is 29.2 Å². The fourth-order valence-electron chi connectivity index (χ4n) is 3.10. The molecule has 1 aliphatic heterocycles. The number of methoxy groups -OCH3 is 1. The number of hydrogen-bond acceptors (Lipinski definition) is 8. The van der Waals surface area contributed by atoms with E-state index < -0.39 is 26.2 Å². The molecule has 1 fully saturated rings. The maximum Gasteiger partial charge on any atom is 0.328 e. The molecule has 0 bridgehead atoms. The molecular formula is C21H31NO8S. The third kappa shape index (κ3) is 6.41. The molecule has 0 spiro atoms. The van der Waals surface area contributed by atoms with Crippen molar-refractivity contribution in [3.63, 3.8) is 0 Å². The van der Waals surface area contributed by atoms with Crippen LogP contribution < -0.4 is 10.1 Å². The molecule has 1 aliphatic rings. The fourth-order valence-corrected chi connectivity index (χ4v) is 5.01. The molecular weight excluding hydrogens is 426 g/mol. The first-order valence-corrected chi connectivity index (χ1v) is 11.5. The van der Waals surface area contributed by atoms with E-state index in [1.807, 2.05) is 0 Å². The summed E-state index contributed by atoms with van der Waals surface area (Å²) in [6, 6.07) is 5.80. The van der Waals surface area contributed by atoms with Crippen molar-refractivity contribution in [2.75, 3.05) is 33.7 Å². The molecule has 1 saturated heterocycles. The van der Waals surface area contributed by atoms with Crippen molar-refractivity contribution in [1.29, 1.82) is 0 Å². The number of amides is 1. The Morgan fingerprint density at radius 1 is 1.13 bits per heavy atom. The first kappa shape index (κ1) is 25.1. The second kappa shape index (κ2) is 10.4. The summed E-state index contributed by atoms with van der Waals surface area (Å²) in [5, 5.41) is 2.54. The molecule has 0 radical (unpaired) electrons. The van der Waals surface area contributed by atoms with E-state index in [0.29, 0.717) is 5.75 Å². The number of benzene rings is 1. The summed E-state index contributed by atoms with van der Waals surface area (Å²) in [4.78, 5) is 24.5. The van der Waals surface area contributed by atoms with E-state index >= 15 is 0 Å². The van der Waals surface area contributed by atoms with Gasteiger partial charge >= 0.3 is 5.97 Å². The van der Waals surface area contributed by atoms with Crippen molar-refractivity contribution < 1.29 is 37.0 Å². The molecule has 174 valence electrons. The lowest BCUT2D eigenvalue weighted by Crippen LogP contribution is -2.53. The second-order valence-corrected chi connectivity index (χ2v) is 10.5. The monoisotopic (exact) mass is 457 g/mol. The Bertz CT molecular complexity index is 852. The van der Waals surface area contributed by atoms with Crippen LogP contribution in [-0.4, -0.2) is 64.3 Å². The van der Waals surface area contributed by atoms with E-state index in [2.05, 4.69) is 5.32 Å². The Kier molecular flexibility index (Phi) is 8.44. The largest absolute Gasteiger partial charge is 0.493 e. The molecule has 0 atom stereocenters. The highest BCUT2D eigenvalue weighted by Crippen LogP contribution is 2.37. The molecule has 0 aliphatic carbocycles. The van der Waals surface area contributed by atoms with Crippen LogP contribution in [0.5, 0.6) is 5.75 Å².